The lowest BCUT2D eigenvalue weighted by molar-refractivity contribution is 0.220. The molecule has 37 heavy (non-hydrogen) atoms. The highest BCUT2D eigenvalue weighted by Gasteiger charge is 2.18. The Morgan fingerprint density at radius 1 is 1.08 bits per heavy atom. The molecule has 0 unspecified atom stereocenters. The molecular weight excluding hydrogens is 529 g/mol. The zero-order chi connectivity index (χ0) is 25.9. The lowest BCUT2D eigenvalue weighted by Crippen LogP contribution is -2.30. The number of thiazole rings is 1. The fraction of sp³-hybridized carbons (Fsp3) is 0.154. The second-order valence-electron chi connectivity index (χ2n) is 8.45. The number of carbonyl (C=O) groups excluding carboxylic acids is 1. The summed E-state index contributed by atoms with van der Waals surface area (Å²) < 4.78 is 3.59. The van der Waals surface area contributed by atoms with Crippen molar-refractivity contribution in [3.05, 3.63) is 93.7 Å². The van der Waals surface area contributed by atoms with Crippen molar-refractivity contribution >= 4 is 45.7 Å². The second kappa shape index (κ2) is 10.8. The van der Waals surface area contributed by atoms with Gasteiger partial charge in [0.2, 0.25) is 0 Å². The molecule has 3 heterocycles. The molecule has 8 nitrogen and oxygen atoms in total. The van der Waals surface area contributed by atoms with Gasteiger partial charge < -0.3 is 9.47 Å². The molecule has 0 radical (unpaired) electrons. The first kappa shape index (κ1) is 25.0. The Morgan fingerprint density at radius 2 is 1.84 bits per heavy atom. The zero-order valence-electron chi connectivity index (χ0n) is 20.1. The van der Waals surface area contributed by atoms with E-state index in [1.807, 2.05) is 77.9 Å². The Balaban J connectivity index is 1.34. The minimum Gasteiger partial charge on any atom is -0.323 e. The molecule has 3 aromatic heterocycles. The van der Waals surface area contributed by atoms with Gasteiger partial charge in [-0.25, -0.2) is 14.8 Å². The van der Waals surface area contributed by atoms with Gasteiger partial charge in [0.1, 0.15) is 10.8 Å². The van der Waals surface area contributed by atoms with Crippen molar-refractivity contribution in [2.24, 2.45) is 7.05 Å². The molecule has 188 valence electrons. The Labute approximate surface area is 228 Å². The number of imidazole rings is 1. The topological polar surface area (TPSA) is 80.9 Å². The number of nitrogens with zero attached hydrogens (tertiary/aromatic N) is 6. The van der Waals surface area contributed by atoms with Gasteiger partial charge in [0.05, 0.1) is 25.0 Å². The van der Waals surface area contributed by atoms with Crippen molar-refractivity contribution in [1.82, 2.24) is 29.2 Å². The van der Waals surface area contributed by atoms with E-state index in [2.05, 4.69) is 15.3 Å². The third-order valence-electron chi connectivity index (χ3n) is 5.81. The SMILES string of the molecule is CN(Cc1cn(Cc2ccccc2Cl)nc1-c1ccccc1)C(=O)Nc1nc(-c2ncc(Cl)n2C)cs1. The van der Waals surface area contributed by atoms with E-state index in [-0.39, 0.29) is 6.03 Å². The predicted octanol–water partition coefficient (Wildman–Crippen LogP) is 6.43. The lowest BCUT2D eigenvalue weighted by atomic mass is 10.1. The summed E-state index contributed by atoms with van der Waals surface area (Å²) in [5, 5.41) is 11.2. The molecule has 1 N–H and O–H groups in total. The van der Waals surface area contributed by atoms with Crippen LogP contribution in [0.3, 0.4) is 0 Å². The summed E-state index contributed by atoms with van der Waals surface area (Å²) in [5.74, 6) is 0.633. The Morgan fingerprint density at radius 3 is 2.57 bits per heavy atom. The summed E-state index contributed by atoms with van der Waals surface area (Å²) in [6, 6.07) is 17.3. The molecule has 2 aromatic carbocycles. The molecule has 0 aliphatic carbocycles. The monoisotopic (exact) mass is 551 g/mol. The maximum atomic E-state index is 13.0. The fourth-order valence-electron chi connectivity index (χ4n) is 3.87. The quantitative estimate of drug-likeness (QED) is 0.253. The number of carbonyl (C=O) groups is 1. The fourth-order valence-corrected chi connectivity index (χ4v) is 4.88. The van der Waals surface area contributed by atoms with Crippen molar-refractivity contribution in [2.75, 3.05) is 12.4 Å². The largest absolute Gasteiger partial charge is 0.323 e. The Bertz CT molecular complexity index is 1540. The lowest BCUT2D eigenvalue weighted by Gasteiger charge is -2.17. The van der Waals surface area contributed by atoms with E-state index in [1.54, 1.807) is 22.7 Å². The maximum absolute atomic E-state index is 13.0. The summed E-state index contributed by atoms with van der Waals surface area (Å²) >= 11 is 13.8. The van der Waals surface area contributed by atoms with Gasteiger partial charge in [-0.3, -0.25) is 10.00 Å². The standard InChI is InChI=1S/C26H23Cl2N7OS/c1-33(26(36)31-25-30-21(16-37-25)24-29-12-22(28)34(24)2)13-19-15-35(14-18-10-6-7-11-20(18)27)32-23(19)17-8-4-3-5-9-17/h3-12,15-16H,13-14H2,1-2H3,(H,30,31,36). The average molecular weight is 552 g/mol. The third-order valence-corrected chi connectivity index (χ3v) is 7.29. The molecule has 2 amide bonds. The number of nitrogens with one attached hydrogen (secondary N) is 1. The first-order chi connectivity index (χ1) is 17.9. The summed E-state index contributed by atoms with van der Waals surface area (Å²) in [7, 11) is 3.55. The molecular formula is C26H23Cl2N7OS. The minimum absolute atomic E-state index is 0.281. The van der Waals surface area contributed by atoms with Gasteiger partial charge >= 0.3 is 6.03 Å². The average Bonchev–Trinajstić information content (AvgIpc) is 3.60. The number of benzene rings is 2. The van der Waals surface area contributed by atoms with Gasteiger partial charge in [0.25, 0.3) is 0 Å². The van der Waals surface area contributed by atoms with E-state index in [0.29, 0.717) is 39.9 Å². The molecule has 0 aliphatic rings. The van der Waals surface area contributed by atoms with Gasteiger partial charge in [-0.1, -0.05) is 71.7 Å². The van der Waals surface area contributed by atoms with E-state index in [0.717, 1.165) is 22.4 Å². The first-order valence-electron chi connectivity index (χ1n) is 11.4. The summed E-state index contributed by atoms with van der Waals surface area (Å²) in [6.45, 7) is 0.875. The highest BCUT2D eigenvalue weighted by atomic mass is 35.5. The zero-order valence-corrected chi connectivity index (χ0v) is 22.4. The molecule has 0 saturated heterocycles. The summed E-state index contributed by atoms with van der Waals surface area (Å²) in [6.07, 6.45) is 3.53. The van der Waals surface area contributed by atoms with Gasteiger partial charge in [-0.15, -0.1) is 11.3 Å². The van der Waals surface area contributed by atoms with Crippen LogP contribution in [0.4, 0.5) is 9.93 Å². The molecule has 5 aromatic rings. The van der Waals surface area contributed by atoms with Gasteiger partial charge in [0, 0.05) is 41.8 Å². The second-order valence-corrected chi connectivity index (χ2v) is 10.1. The van der Waals surface area contributed by atoms with Crippen LogP contribution in [0, 0.1) is 0 Å². The van der Waals surface area contributed by atoms with Gasteiger partial charge in [-0.2, -0.15) is 5.10 Å². The van der Waals surface area contributed by atoms with Crippen molar-refractivity contribution in [3.8, 4) is 22.8 Å². The number of hydrogen-bond donors (Lipinski definition) is 1. The number of halogens is 2. The van der Waals surface area contributed by atoms with E-state index >= 15 is 0 Å². The van der Waals surface area contributed by atoms with E-state index in [4.69, 9.17) is 28.3 Å². The van der Waals surface area contributed by atoms with E-state index < -0.39 is 0 Å². The van der Waals surface area contributed by atoms with Gasteiger partial charge in [-0.05, 0) is 11.6 Å². The van der Waals surface area contributed by atoms with Crippen LogP contribution in [0.25, 0.3) is 22.8 Å². The molecule has 0 spiro atoms. The summed E-state index contributed by atoms with van der Waals surface area (Å²) in [5.41, 5.74) is 4.32. The minimum atomic E-state index is -0.281. The summed E-state index contributed by atoms with van der Waals surface area (Å²) in [4.78, 5) is 23.4. The maximum Gasteiger partial charge on any atom is 0.323 e. The normalized spacial score (nSPS) is 11.0. The number of amides is 2. The smallest absolute Gasteiger partial charge is 0.323 e. The Hall–Kier alpha value is -3.66. The number of hydrogen-bond acceptors (Lipinski definition) is 5. The molecule has 5 rings (SSSR count). The number of anilines is 1. The highest BCUT2D eigenvalue weighted by molar-refractivity contribution is 7.14. The van der Waals surface area contributed by atoms with Crippen LogP contribution in [0.5, 0.6) is 0 Å². The molecule has 0 bridgehead atoms. The van der Waals surface area contributed by atoms with Crippen molar-refractivity contribution in [2.45, 2.75) is 13.1 Å². The first-order valence-corrected chi connectivity index (χ1v) is 13.0. The van der Waals surface area contributed by atoms with Crippen molar-refractivity contribution < 1.29 is 4.79 Å². The van der Waals surface area contributed by atoms with Crippen LogP contribution in [0.15, 0.2) is 72.4 Å². The van der Waals surface area contributed by atoms with Crippen LogP contribution in [0.1, 0.15) is 11.1 Å². The predicted molar refractivity (Wildman–Crippen MR) is 148 cm³/mol. The van der Waals surface area contributed by atoms with Crippen molar-refractivity contribution in [1.29, 1.82) is 0 Å². The number of aromatic nitrogens is 5. The van der Waals surface area contributed by atoms with Crippen LogP contribution in [-0.2, 0) is 20.1 Å². The van der Waals surface area contributed by atoms with E-state index in [1.165, 1.54) is 11.3 Å². The highest BCUT2D eigenvalue weighted by Crippen LogP contribution is 2.27. The van der Waals surface area contributed by atoms with Crippen molar-refractivity contribution in [3.63, 3.8) is 0 Å². The number of rotatable bonds is 7. The van der Waals surface area contributed by atoms with Crippen LogP contribution >= 0.6 is 34.5 Å². The third kappa shape index (κ3) is 5.53. The van der Waals surface area contributed by atoms with Crippen LogP contribution in [0.2, 0.25) is 10.2 Å². The molecule has 11 heteroatoms. The molecule has 0 saturated carbocycles. The van der Waals surface area contributed by atoms with E-state index in [9.17, 15) is 4.79 Å². The molecule has 0 fully saturated rings. The van der Waals surface area contributed by atoms with Crippen LogP contribution in [-0.4, -0.2) is 42.3 Å². The van der Waals surface area contributed by atoms with Crippen LogP contribution < -0.4 is 5.32 Å². The molecule has 0 aliphatic heterocycles. The molecule has 0 atom stereocenters. The van der Waals surface area contributed by atoms with Gasteiger partial charge in [0.15, 0.2) is 11.0 Å². The number of urea groups is 1. The Kier molecular flexibility index (Phi) is 7.27.